The molecule has 0 fully saturated rings. The summed E-state index contributed by atoms with van der Waals surface area (Å²) in [5, 5.41) is 17.4. The zero-order valence-electron chi connectivity index (χ0n) is 13.7. The van der Waals surface area contributed by atoms with Crippen LogP contribution in [0.25, 0.3) is 0 Å². The third-order valence-electron chi connectivity index (χ3n) is 3.68. The van der Waals surface area contributed by atoms with Gasteiger partial charge < -0.3 is 10.6 Å². The van der Waals surface area contributed by atoms with E-state index in [1.165, 1.54) is 18.5 Å². The topological polar surface area (TPSA) is 93.0 Å². The molecule has 3 rings (SSSR count). The van der Waals surface area contributed by atoms with Gasteiger partial charge in [0.2, 0.25) is 11.6 Å². The van der Waals surface area contributed by atoms with Gasteiger partial charge in [0.25, 0.3) is 0 Å². The number of nitrogens with zero attached hydrogens (tertiary/aromatic N) is 3. The number of nitrogens with one attached hydrogen (secondary N) is 2. The monoisotopic (exact) mass is 353 g/mol. The Labute approximate surface area is 149 Å². The van der Waals surface area contributed by atoms with E-state index < -0.39 is 4.92 Å². The van der Waals surface area contributed by atoms with Crippen molar-refractivity contribution in [2.75, 3.05) is 10.6 Å². The highest BCUT2D eigenvalue weighted by Gasteiger charge is 2.22. The molecule has 0 saturated carbocycles. The van der Waals surface area contributed by atoms with Crippen LogP contribution in [0, 0.1) is 15.9 Å². The Bertz CT molecular complexity index is 888. The molecule has 3 aromatic rings. The molecule has 0 aliphatic rings. The fourth-order valence-electron chi connectivity index (χ4n) is 2.38. The zero-order chi connectivity index (χ0) is 18.4. The van der Waals surface area contributed by atoms with Crippen LogP contribution in [0.15, 0.2) is 60.9 Å². The maximum absolute atomic E-state index is 13.0. The third kappa shape index (κ3) is 4.29. The molecule has 2 N–H and O–H groups in total. The second kappa shape index (κ2) is 8.02. The molecule has 1 aromatic heterocycles. The minimum Gasteiger partial charge on any atom is -0.360 e. The van der Waals surface area contributed by atoms with Gasteiger partial charge in [0.15, 0.2) is 0 Å². The molecule has 0 spiro atoms. The van der Waals surface area contributed by atoms with E-state index in [9.17, 15) is 14.5 Å². The largest absolute Gasteiger partial charge is 0.360 e. The molecule has 7 nitrogen and oxygen atoms in total. The summed E-state index contributed by atoms with van der Waals surface area (Å²) in [4.78, 5) is 18.9. The second-order valence-corrected chi connectivity index (χ2v) is 5.50. The first-order valence-corrected chi connectivity index (χ1v) is 7.89. The van der Waals surface area contributed by atoms with Crippen molar-refractivity contribution in [1.29, 1.82) is 0 Å². The number of hydrogen-bond donors (Lipinski definition) is 2. The zero-order valence-corrected chi connectivity index (χ0v) is 13.7. The van der Waals surface area contributed by atoms with Crippen LogP contribution in [0.4, 0.5) is 21.7 Å². The molecule has 26 heavy (non-hydrogen) atoms. The fraction of sp³-hybridized carbons (Fsp3) is 0.111. The van der Waals surface area contributed by atoms with Crippen LogP contribution < -0.4 is 10.6 Å². The number of rotatable bonds is 7. The average Bonchev–Trinajstić information content (AvgIpc) is 2.66. The van der Waals surface area contributed by atoms with Crippen molar-refractivity contribution in [3.05, 3.63) is 88.0 Å². The first-order chi connectivity index (χ1) is 12.6. The highest BCUT2D eigenvalue weighted by molar-refractivity contribution is 5.69. The van der Waals surface area contributed by atoms with Crippen LogP contribution in [0.1, 0.15) is 11.1 Å². The van der Waals surface area contributed by atoms with Gasteiger partial charge in [-0.15, -0.1) is 0 Å². The first-order valence-electron chi connectivity index (χ1n) is 7.89. The Kier molecular flexibility index (Phi) is 5.33. The summed E-state index contributed by atoms with van der Waals surface area (Å²) in [5.41, 5.74) is 1.52. The summed E-state index contributed by atoms with van der Waals surface area (Å²) >= 11 is 0. The molecule has 0 aliphatic carbocycles. The predicted octanol–water partition coefficient (Wildman–Crippen LogP) is 3.75. The Morgan fingerprint density at radius 3 is 1.96 bits per heavy atom. The number of aromatic nitrogens is 2. The van der Waals surface area contributed by atoms with Gasteiger partial charge in [0.05, 0.1) is 4.92 Å². The van der Waals surface area contributed by atoms with Gasteiger partial charge in [-0.05, 0) is 23.3 Å². The number of benzene rings is 2. The average molecular weight is 353 g/mol. The van der Waals surface area contributed by atoms with Crippen molar-refractivity contribution < 1.29 is 9.31 Å². The molecule has 0 aliphatic heterocycles. The van der Waals surface area contributed by atoms with Crippen LogP contribution >= 0.6 is 0 Å². The van der Waals surface area contributed by atoms with E-state index in [2.05, 4.69) is 20.6 Å². The molecule has 0 amide bonds. The Morgan fingerprint density at radius 1 is 0.885 bits per heavy atom. The minimum atomic E-state index is -0.527. The lowest BCUT2D eigenvalue weighted by molar-refractivity contribution is -0.383. The van der Waals surface area contributed by atoms with Gasteiger partial charge in [-0.25, -0.2) is 14.4 Å². The molecule has 0 atom stereocenters. The standard InChI is InChI=1S/C18H16FN5O2/c19-15-8-6-14(7-9-15)11-21-18-16(24(25)26)17(22-12-23-18)20-10-13-4-2-1-3-5-13/h1-9,12H,10-11H2,(H2,20,21,22,23). The van der Waals surface area contributed by atoms with Crippen LogP contribution in [0.5, 0.6) is 0 Å². The molecule has 0 radical (unpaired) electrons. The van der Waals surface area contributed by atoms with Gasteiger partial charge in [-0.3, -0.25) is 10.1 Å². The second-order valence-electron chi connectivity index (χ2n) is 5.50. The fourth-order valence-corrected chi connectivity index (χ4v) is 2.38. The molecule has 0 saturated heterocycles. The van der Waals surface area contributed by atoms with Crippen LogP contribution in [0.2, 0.25) is 0 Å². The maximum atomic E-state index is 13.0. The number of hydrogen-bond acceptors (Lipinski definition) is 6. The highest BCUT2D eigenvalue weighted by Crippen LogP contribution is 2.29. The van der Waals surface area contributed by atoms with Crippen LogP contribution in [0.3, 0.4) is 0 Å². The third-order valence-corrected chi connectivity index (χ3v) is 3.68. The van der Waals surface area contributed by atoms with Gasteiger partial charge in [-0.1, -0.05) is 42.5 Å². The van der Waals surface area contributed by atoms with Crippen molar-refractivity contribution in [3.63, 3.8) is 0 Å². The van der Waals surface area contributed by atoms with Crippen molar-refractivity contribution in [2.24, 2.45) is 0 Å². The summed E-state index contributed by atoms with van der Waals surface area (Å²) in [6.45, 7) is 0.673. The number of halogens is 1. The van der Waals surface area contributed by atoms with E-state index in [4.69, 9.17) is 0 Å². The van der Waals surface area contributed by atoms with E-state index in [1.54, 1.807) is 12.1 Å². The summed E-state index contributed by atoms with van der Waals surface area (Å²) < 4.78 is 13.0. The summed E-state index contributed by atoms with van der Waals surface area (Å²) in [5.74, 6) is -0.102. The van der Waals surface area contributed by atoms with Gasteiger partial charge in [0.1, 0.15) is 12.1 Å². The highest BCUT2D eigenvalue weighted by atomic mass is 19.1. The molecule has 0 bridgehead atoms. The summed E-state index contributed by atoms with van der Waals surface area (Å²) in [6.07, 6.45) is 1.26. The Hall–Kier alpha value is -3.55. The Balaban J connectivity index is 1.77. The minimum absolute atomic E-state index is 0.102. The van der Waals surface area contributed by atoms with E-state index in [0.717, 1.165) is 11.1 Å². The van der Waals surface area contributed by atoms with Gasteiger partial charge >= 0.3 is 5.69 Å². The molecule has 8 heteroatoms. The molecular weight excluding hydrogens is 337 g/mol. The van der Waals surface area contributed by atoms with Crippen molar-refractivity contribution in [2.45, 2.75) is 13.1 Å². The van der Waals surface area contributed by atoms with E-state index in [1.807, 2.05) is 30.3 Å². The molecule has 2 aromatic carbocycles. The smallest absolute Gasteiger partial charge is 0.353 e. The lowest BCUT2D eigenvalue weighted by Gasteiger charge is -2.10. The van der Waals surface area contributed by atoms with Gasteiger partial charge in [0, 0.05) is 13.1 Å². The van der Waals surface area contributed by atoms with Crippen molar-refractivity contribution in [1.82, 2.24) is 9.97 Å². The molecule has 132 valence electrons. The quantitative estimate of drug-likeness (QED) is 0.496. The normalized spacial score (nSPS) is 10.3. The number of anilines is 2. The van der Waals surface area contributed by atoms with E-state index >= 15 is 0 Å². The van der Waals surface area contributed by atoms with Crippen LogP contribution in [-0.4, -0.2) is 14.9 Å². The lowest BCUT2D eigenvalue weighted by Crippen LogP contribution is -2.10. The maximum Gasteiger partial charge on any atom is 0.353 e. The van der Waals surface area contributed by atoms with Crippen molar-refractivity contribution in [3.8, 4) is 0 Å². The van der Waals surface area contributed by atoms with E-state index in [-0.39, 0.29) is 29.7 Å². The molecule has 1 heterocycles. The summed E-state index contributed by atoms with van der Waals surface area (Å²) in [7, 11) is 0. The SMILES string of the molecule is O=[N+]([O-])c1c(NCc2ccccc2)ncnc1NCc1ccc(F)cc1. The van der Waals surface area contributed by atoms with E-state index in [0.29, 0.717) is 6.54 Å². The summed E-state index contributed by atoms with van der Waals surface area (Å²) in [6, 6.07) is 15.4. The van der Waals surface area contributed by atoms with Crippen molar-refractivity contribution >= 4 is 17.3 Å². The Morgan fingerprint density at radius 2 is 1.42 bits per heavy atom. The molecular formula is C18H16FN5O2. The first kappa shape index (κ1) is 17.3. The predicted molar refractivity (Wildman–Crippen MR) is 96.2 cm³/mol. The number of nitro groups is 1. The van der Waals surface area contributed by atoms with Crippen LogP contribution in [-0.2, 0) is 13.1 Å². The van der Waals surface area contributed by atoms with Gasteiger partial charge in [-0.2, -0.15) is 0 Å². The molecule has 0 unspecified atom stereocenters. The lowest BCUT2D eigenvalue weighted by atomic mass is 10.2.